The van der Waals surface area contributed by atoms with E-state index >= 15 is 0 Å². The Balaban J connectivity index is 1.71. The Kier molecular flexibility index (Phi) is 15.3. The van der Waals surface area contributed by atoms with Gasteiger partial charge in [0, 0.05) is 26.3 Å². The number of nitrogens with two attached hydrogens (primary N) is 1. The van der Waals surface area contributed by atoms with Gasteiger partial charge in [-0.1, -0.05) is 0 Å². The summed E-state index contributed by atoms with van der Waals surface area (Å²) in [6, 6.07) is -0.667. The van der Waals surface area contributed by atoms with Gasteiger partial charge in [0.1, 0.15) is 54.8 Å². The summed E-state index contributed by atoms with van der Waals surface area (Å²) in [7, 11) is -4.45. The zero-order valence-corrected chi connectivity index (χ0v) is 27.8. The number of hydrogen-bond acceptors (Lipinski definition) is 21. The Morgan fingerprint density at radius 2 is 1.90 bits per heavy atom. The number of nitrogens with one attached hydrogen (secondary N) is 2. The van der Waals surface area contributed by atoms with Crippen molar-refractivity contribution in [3.05, 3.63) is 22.7 Å². The van der Waals surface area contributed by atoms with Crippen LogP contribution in [0, 0.1) is 0 Å². The SMILES string of the molecule is COCCOCCNC(=O)CC(=O)N[C@H]1C([C@H](O)[C@H](O)CO)O[C@](OP(=O)([O-])OCC2OC(n3ccc(N)nc3=O)[C@H](O)[C@@H]2O)(C(=O)[O-])C[C@H]1O. The molecule has 2 aliphatic heterocycles. The number of ether oxygens (including phenoxy) is 4. The van der Waals surface area contributed by atoms with Crippen LogP contribution in [0.3, 0.4) is 0 Å². The molecule has 10 N–H and O–H groups in total. The number of aliphatic carboxylic acids is 1. The van der Waals surface area contributed by atoms with Crippen LogP contribution in [0.15, 0.2) is 17.1 Å². The Labute approximate surface area is 288 Å². The number of anilines is 1. The molecule has 11 atom stereocenters. The number of nitrogen functional groups attached to an aromatic ring is 1. The van der Waals surface area contributed by atoms with Crippen molar-refractivity contribution in [2.45, 2.75) is 73.6 Å². The number of phosphoric ester groups is 1. The van der Waals surface area contributed by atoms with Gasteiger partial charge in [0.25, 0.3) is 7.82 Å². The number of carbonyl (C=O) groups is 3. The predicted octanol–water partition coefficient (Wildman–Crippen LogP) is -8.09. The molecule has 2 aliphatic rings. The Morgan fingerprint density at radius 1 is 1.20 bits per heavy atom. The van der Waals surface area contributed by atoms with E-state index in [0.29, 0.717) is 6.61 Å². The predicted molar refractivity (Wildman–Crippen MR) is 158 cm³/mol. The molecule has 290 valence electrons. The molecule has 24 nitrogen and oxygen atoms in total. The number of carbonyl (C=O) groups excluding carboxylic acids is 3. The highest BCUT2D eigenvalue weighted by Crippen LogP contribution is 2.48. The van der Waals surface area contributed by atoms with Crippen molar-refractivity contribution in [1.29, 1.82) is 0 Å². The summed E-state index contributed by atoms with van der Waals surface area (Å²) in [5.41, 5.74) is 4.43. The van der Waals surface area contributed by atoms with Crippen molar-refractivity contribution in [3.8, 4) is 0 Å². The summed E-state index contributed by atoms with van der Waals surface area (Å²) in [5, 5.41) is 78.5. The number of aliphatic hydroxyl groups excluding tert-OH is 6. The van der Waals surface area contributed by atoms with Gasteiger partial charge in [0.15, 0.2) is 6.23 Å². The second kappa shape index (κ2) is 18.5. The van der Waals surface area contributed by atoms with Crippen molar-refractivity contribution in [2.75, 3.05) is 52.4 Å². The van der Waals surface area contributed by atoms with Gasteiger partial charge in [-0.3, -0.25) is 23.2 Å². The molecule has 0 spiro atoms. The third-order valence-electron chi connectivity index (χ3n) is 7.57. The molecule has 0 aromatic carbocycles. The zero-order chi connectivity index (χ0) is 38.1. The largest absolute Gasteiger partial charge is 0.756 e. The average molecular weight is 758 g/mol. The maximum atomic E-state index is 12.9. The lowest BCUT2D eigenvalue weighted by Gasteiger charge is -2.50. The summed E-state index contributed by atoms with van der Waals surface area (Å²) in [6.45, 7) is -1.67. The second-order valence-electron chi connectivity index (χ2n) is 11.3. The first-order valence-electron chi connectivity index (χ1n) is 15.1. The van der Waals surface area contributed by atoms with E-state index in [2.05, 4.69) is 24.7 Å². The molecule has 1 aromatic heterocycles. The minimum absolute atomic E-state index is 0.00487. The van der Waals surface area contributed by atoms with Gasteiger partial charge in [-0.15, -0.1) is 0 Å². The van der Waals surface area contributed by atoms with Crippen LogP contribution in [0.1, 0.15) is 19.1 Å². The summed E-state index contributed by atoms with van der Waals surface area (Å²) >= 11 is 0. The molecule has 51 heavy (non-hydrogen) atoms. The number of nitrogens with zero attached hydrogens (tertiary/aromatic N) is 2. The maximum Gasteiger partial charge on any atom is 0.351 e. The van der Waals surface area contributed by atoms with Crippen molar-refractivity contribution in [2.24, 2.45) is 0 Å². The normalized spacial score (nSPS) is 30.2. The highest BCUT2D eigenvalue weighted by atomic mass is 31.2. The fourth-order valence-corrected chi connectivity index (χ4v) is 5.95. The maximum absolute atomic E-state index is 12.9. The molecule has 4 unspecified atom stereocenters. The number of rotatable bonds is 19. The molecule has 1 aromatic rings. The summed E-state index contributed by atoms with van der Waals surface area (Å²) in [5.74, 6) is -8.02. The first kappa shape index (κ1) is 42.2. The van der Waals surface area contributed by atoms with Crippen molar-refractivity contribution >= 4 is 31.4 Å². The van der Waals surface area contributed by atoms with Gasteiger partial charge < -0.3 is 85.3 Å². The minimum Gasteiger partial charge on any atom is -0.756 e. The number of carboxylic acids is 1. The van der Waals surface area contributed by atoms with E-state index in [-0.39, 0.29) is 25.6 Å². The van der Waals surface area contributed by atoms with Crippen LogP contribution >= 0.6 is 7.82 Å². The molecule has 0 saturated carbocycles. The van der Waals surface area contributed by atoms with Crippen LogP contribution in [-0.4, -0.2) is 159 Å². The van der Waals surface area contributed by atoms with Crippen LogP contribution in [0.5, 0.6) is 0 Å². The lowest BCUT2D eigenvalue weighted by Crippen LogP contribution is -2.69. The quantitative estimate of drug-likeness (QED) is 0.0359. The molecular formula is C26H40N5O19P-2. The van der Waals surface area contributed by atoms with E-state index in [1.54, 1.807) is 0 Å². The Hall–Kier alpha value is -3.20. The van der Waals surface area contributed by atoms with Crippen molar-refractivity contribution in [3.63, 3.8) is 0 Å². The number of carboxylic acid groups (broad SMARTS) is 1. The van der Waals surface area contributed by atoms with Gasteiger partial charge in [-0.2, -0.15) is 4.98 Å². The second-order valence-corrected chi connectivity index (χ2v) is 12.6. The highest BCUT2D eigenvalue weighted by Gasteiger charge is 2.54. The smallest absolute Gasteiger partial charge is 0.351 e. The van der Waals surface area contributed by atoms with Gasteiger partial charge in [-0.05, 0) is 6.07 Å². The number of hydrogen-bond donors (Lipinski definition) is 9. The topological polar surface area (TPSA) is 376 Å². The van der Waals surface area contributed by atoms with E-state index in [9.17, 15) is 64.4 Å². The van der Waals surface area contributed by atoms with Crippen LogP contribution < -0.4 is 32.1 Å². The van der Waals surface area contributed by atoms with Crippen LogP contribution in [-0.2, 0) is 46.9 Å². The highest BCUT2D eigenvalue weighted by molar-refractivity contribution is 7.45. The number of phosphoric acid groups is 1. The van der Waals surface area contributed by atoms with Crippen LogP contribution in [0.2, 0.25) is 0 Å². The molecule has 0 radical (unpaired) electrons. The Bertz CT molecular complexity index is 1450. The molecule has 0 aliphatic carbocycles. The standard InChI is InChI=1S/C26H42N5O19P/c1-45-6-7-46-5-3-28-16(35)8-17(36)30-18-12(33)9-26(24(40)41,49-22(18)19(37)13(34)10-32)50-51(43,44)47-11-14-20(38)21(39)23(48-14)31-4-2-15(27)29-25(31)42/h2,4,12-14,18-23,32-34,37-39H,3,5-11H2,1H3,(H,28,35)(H,30,36)(H,40,41)(H,43,44)(H2,27,29,42)/p-2/t12-,13-,14?,18-,19-,20-,21-,22?,23?,26-/m1/s1. The monoisotopic (exact) mass is 757 g/mol. The zero-order valence-electron chi connectivity index (χ0n) is 26.9. The fourth-order valence-electron chi connectivity index (χ4n) is 5.02. The molecular weight excluding hydrogens is 717 g/mol. The molecule has 2 saturated heterocycles. The molecule has 3 rings (SSSR count). The summed E-state index contributed by atoms with van der Waals surface area (Å²) in [4.78, 5) is 65.6. The third kappa shape index (κ3) is 11.1. The average Bonchev–Trinajstić information content (AvgIpc) is 3.34. The van der Waals surface area contributed by atoms with Crippen molar-refractivity contribution in [1.82, 2.24) is 20.2 Å². The molecule has 3 heterocycles. The molecule has 2 fully saturated rings. The molecule has 0 bridgehead atoms. The van der Waals surface area contributed by atoms with Crippen molar-refractivity contribution < 1.29 is 87.6 Å². The number of aliphatic hydroxyl groups is 6. The third-order valence-corrected chi connectivity index (χ3v) is 8.55. The van der Waals surface area contributed by atoms with E-state index in [1.165, 1.54) is 13.2 Å². The van der Waals surface area contributed by atoms with Crippen LogP contribution in [0.25, 0.3) is 0 Å². The minimum atomic E-state index is -5.92. The Morgan fingerprint density at radius 3 is 2.53 bits per heavy atom. The van der Waals surface area contributed by atoms with Gasteiger partial charge >= 0.3 is 5.69 Å². The molecule has 2 amide bonds. The summed E-state index contributed by atoms with van der Waals surface area (Å²) in [6.07, 6.45) is -16.9. The fraction of sp³-hybridized carbons (Fsp3) is 0.731. The lowest BCUT2D eigenvalue weighted by atomic mass is 9.88. The van der Waals surface area contributed by atoms with Gasteiger partial charge in [0.2, 0.25) is 17.6 Å². The number of aromatic nitrogens is 2. The van der Waals surface area contributed by atoms with Gasteiger partial charge in [-0.25, -0.2) is 4.79 Å². The van der Waals surface area contributed by atoms with E-state index < -0.39 is 118 Å². The van der Waals surface area contributed by atoms with Crippen LogP contribution in [0.4, 0.5) is 5.82 Å². The van der Waals surface area contributed by atoms with E-state index in [4.69, 9.17) is 24.7 Å². The van der Waals surface area contributed by atoms with E-state index in [0.717, 1.165) is 10.8 Å². The molecule has 25 heteroatoms. The lowest BCUT2D eigenvalue weighted by molar-refractivity contribution is -0.377. The first-order valence-corrected chi connectivity index (χ1v) is 16.6. The number of amides is 2. The summed E-state index contributed by atoms with van der Waals surface area (Å²) < 4.78 is 43.5. The van der Waals surface area contributed by atoms with E-state index in [1.807, 2.05) is 0 Å². The number of methoxy groups -OCH3 is 1. The first-order chi connectivity index (χ1) is 23.9. The van der Waals surface area contributed by atoms with Gasteiger partial charge in [0.05, 0.1) is 45.2 Å².